The summed E-state index contributed by atoms with van der Waals surface area (Å²) in [6, 6.07) is 13.4. The van der Waals surface area contributed by atoms with Crippen molar-refractivity contribution < 1.29 is 9.90 Å². The van der Waals surface area contributed by atoms with Crippen LogP contribution in [0.2, 0.25) is 0 Å². The van der Waals surface area contributed by atoms with Gasteiger partial charge < -0.3 is 10.0 Å². The van der Waals surface area contributed by atoms with E-state index in [-0.39, 0.29) is 12.0 Å². The number of carbonyl (C=O) groups is 1. The second kappa shape index (κ2) is 6.05. The summed E-state index contributed by atoms with van der Waals surface area (Å²) in [5.41, 5.74) is 3.38. The van der Waals surface area contributed by atoms with Crippen LogP contribution in [0.1, 0.15) is 23.2 Å². The van der Waals surface area contributed by atoms with Gasteiger partial charge in [-0.15, -0.1) is 0 Å². The highest BCUT2D eigenvalue weighted by atomic mass is 16.3. The predicted octanol–water partition coefficient (Wildman–Crippen LogP) is 1.99. The molecule has 1 saturated heterocycles. The molecule has 0 saturated carbocycles. The number of likely N-dealkylation sites (tertiary alicyclic amines) is 1. The third kappa shape index (κ3) is 2.65. The van der Waals surface area contributed by atoms with Gasteiger partial charge in [0, 0.05) is 24.2 Å². The molecule has 0 spiro atoms. The molecule has 6 nitrogen and oxygen atoms in total. The Balaban J connectivity index is 1.59. The van der Waals surface area contributed by atoms with Gasteiger partial charge in [-0.05, 0) is 37.1 Å². The van der Waals surface area contributed by atoms with Crippen LogP contribution in [0.4, 0.5) is 0 Å². The second-order valence-corrected chi connectivity index (χ2v) is 6.04. The van der Waals surface area contributed by atoms with Gasteiger partial charge in [0.1, 0.15) is 6.33 Å². The fourth-order valence-electron chi connectivity index (χ4n) is 3.10. The minimum absolute atomic E-state index is 0.0208. The first-order valence-corrected chi connectivity index (χ1v) is 8.09. The van der Waals surface area contributed by atoms with E-state index in [1.165, 1.54) is 6.33 Å². The molecule has 3 aromatic rings. The van der Waals surface area contributed by atoms with E-state index in [1.54, 1.807) is 9.42 Å². The predicted molar refractivity (Wildman–Crippen MR) is 89.6 cm³/mol. The lowest BCUT2D eigenvalue weighted by molar-refractivity contribution is 0.0546. The summed E-state index contributed by atoms with van der Waals surface area (Å²) in [7, 11) is 0. The Hall–Kier alpha value is -2.73. The van der Waals surface area contributed by atoms with Gasteiger partial charge in [-0.3, -0.25) is 4.79 Å². The van der Waals surface area contributed by atoms with Crippen LogP contribution in [-0.4, -0.2) is 49.7 Å². The summed E-state index contributed by atoms with van der Waals surface area (Å²) in [6.07, 6.45) is 2.55. The van der Waals surface area contributed by atoms with Gasteiger partial charge in [-0.2, -0.15) is 5.10 Å². The third-order valence-corrected chi connectivity index (χ3v) is 4.48. The SMILES string of the molecule is O=C(c1ccc(-c2cccc3ncnn23)cc1)N1CCC(O)CC1. The molecule has 1 N–H and O–H groups in total. The topological polar surface area (TPSA) is 70.7 Å². The zero-order chi connectivity index (χ0) is 16.5. The number of hydrogen-bond acceptors (Lipinski definition) is 4. The van der Waals surface area contributed by atoms with Crippen LogP contribution in [0.25, 0.3) is 16.9 Å². The number of fused-ring (bicyclic) bond motifs is 1. The van der Waals surface area contributed by atoms with E-state index >= 15 is 0 Å². The van der Waals surface area contributed by atoms with Crippen molar-refractivity contribution in [2.45, 2.75) is 18.9 Å². The zero-order valence-electron chi connectivity index (χ0n) is 13.2. The van der Waals surface area contributed by atoms with E-state index in [0.717, 1.165) is 16.9 Å². The number of amides is 1. The van der Waals surface area contributed by atoms with E-state index in [4.69, 9.17) is 0 Å². The van der Waals surface area contributed by atoms with Crippen molar-refractivity contribution in [2.24, 2.45) is 0 Å². The first-order valence-electron chi connectivity index (χ1n) is 8.09. The van der Waals surface area contributed by atoms with E-state index in [2.05, 4.69) is 10.1 Å². The van der Waals surface area contributed by atoms with Crippen molar-refractivity contribution in [1.29, 1.82) is 0 Å². The highest BCUT2D eigenvalue weighted by molar-refractivity contribution is 5.94. The van der Waals surface area contributed by atoms with Gasteiger partial charge in [-0.25, -0.2) is 9.50 Å². The number of aromatic nitrogens is 3. The fourth-order valence-corrected chi connectivity index (χ4v) is 3.10. The smallest absolute Gasteiger partial charge is 0.253 e. The Morgan fingerprint density at radius 2 is 1.83 bits per heavy atom. The molecular formula is C18H18N4O2. The van der Waals surface area contributed by atoms with Crippen molar-refractivity contribution in [2.75, 3.05) is 13.1 Å². The van der Waals surface area contributed by atoms with E-state index < -0.39 is 0 Å². The fraction of sp³-hybridized carbons (Fsp3) is 0.278. The standard InChI is InChI=1S/C18H18N4O2/c23-15-8-10-21(11-9-15)18(24)14-6-4-13(5-7-14)16-2-1-3-17-19-12-20-22(16)17/h1-7,12,15,23H,8-11H2. The summed E-state index contributed by atoms with van der Waals surface area (Å²) in [4.78, 5) is 18.5. The molecule has 1 aliphatic heterocycles. The molecule has 2 aromatic heterocycles. The van der Waals surface area contributed by atoms with Crippen molar-refractivity contribution in [3.05, 3.63) is 54.4 Å². The van der Waals surface area contributed by atoms with Gasteiger partial charge in [0.2, 0.25) is 0 Å². The van der Waals surface area contributed by atoms with Gasteiger partial charge >= 0.3 is 0 Å². The summed E-state index contributed by atoms with van der Waals surface area (Å²) >= 11 is 0. The van der Waals surface area contributed by atoms with E-state index in [0.29, 0.717) is 31.5 Å². The van der Waals surface area contributed by atoms with Crippen molar-refractivity contribution in [3.8, 4) is 11.3 Å². The first kappa shape index (κ1) is 14.8. The maximum Gasteiger partial charge on any atom is 0.253 e. The Morgan fingerprint density at radius 3 is 2.58 bits per heavy atom. The van der Waals surface area contributed by atoms with Gasteiger partial charge in [0.05, 0.1) is 11.8 Å². The maximum atomic E-state index is 12.5. The molecule has 0 radical (unpaired) electrons. The van der Waals surface area contributed by atoms with Gasteiger partial charge in [-0.1, -0.05) is 18.2 Å². The maximum absolute atomic E-state index is 12.5. The van der Waals surface area contributed by atoms with Crippen molar-refractivity contribution in [3.63, 3.8) is 0 Å². The third-order valence-electron chi connectivity index (χ3n) is 4.48. The quantitative estimate of drug-likeness (QED) is 0.783. The second-order valence-electron chi connectivity index (χ2n) is 6.04. The molecular weight excluding hydrogens is 304 g/mol. The molecule has 1 aromatic carbocycles. The number of piperidine rings is 1. The van der Waals surface area contributed by atoms with Crippen LogP contribution in [0.5, 0.6) is 0 Å². The minimum atomic E-state index is -0.278. The van der Waals surface area contributed by atoms with E-state index in [1.807, 2.05) is 42.5 Å². The molecule has 122 valence electrons. The number of rotatable bonds is 2. The largest absolute Gasteiger partial charge is 0.393 e. The molecule has 1 aliphatic rings. The summed E-state index contributed by atoms with van der Waals surface area (Å²) in [5, 5.41) is 13.8. The Kier molecular flexibility index (Phi) is 3.74. The lowest BCUT2D eigenvalue weighted by atomic mass is 10.0. The molecule has 3 heterocycles. The molecule has 1 amide bonds. The Morgan fingerprint density at radius 1 is 1.08 bits per heavy atom. The van der Waals surface area contributed by atoms with Crippen LogP contribution in [0, 0.1) is 0 Å². The van der Waals surface area contributed by atoms with Crippen LogP contribution in [0.15, 0.2) is 48.8 Å². The lowest BCUT2D eigenvalue weighted by Crippen LogP contribution is -2.40. The zero-order valence-corrected chi connectivity index (χ0v) is 13.2. The number of pyridine rings is 1. The molecule has 0 aliphatic carbocycles. The Bertz CT molecular complexity index is 864. The monoisotopic (exact) mass is 322 g/mol. The molecule has 6 heteroatoms. The normalized spacial score (nSPS) is 15.8. The molecule has 0 atom stereocenters. The molecule has 1 fully saturated rings. The number of benzene rings is 1. The summed E-state index contributed by atoms with van der Waals surface area (Å²) < 4.78 is 1.78. The van der Waals surface area contributed by atoms with Crippen molar-refractivity contribution >= 4 is 11.6 Å². The van der Waals surface area contributed by atoms with Gasteiger partial charge in [0.15, 0.2) is 5.65 Å². The van der Waals surface area contributed by atoms with Crippen LogP contribution >= 0.6 is 0 Å². The Labute approximate surface area is 139 Å². The summed E-state index contributed by atoms with van der Waals surface area (Å²) in [5.74, 6) is 0.0208. The molecule has 0 bridgehead atoms. The number of hydrogen-bond donors (Lipinski definition) is 1. The van der Waals surface area contributed by atoms with Crippen LogP contribution in [0.3, 0.4) is 0 Å². The summed E-state index contributed by atoms with van der Waals surface area (Å²) in [6.45, 7) is 1.22. The number of aliphatic hydroxyl groups excluding tert-OH is 1. The van der Waals surface area contributed by atoms with Crippen molar-refractivity contribution in [1.82, 2.24) is 19.5 Å². The first-order chi connectivity index (χ1) is 11.7. The van der Waals surface area contributed by atoms with E-state index in [9.17, 15) is 9.90 Å². The van der Waals surface area contributed by atoms with Crippen LogP contribution in [-0.2, 0) is 0 Å². The highest BCUT2D eigenvalue weighted by Crippen LogP contribution is 2.21. The minimum Gasteiger partial charge on any atom is -0.393 e. The number of nitrogens with zero attached hydrogens (tertiary/aromatic N) is 4. The molecule has 24 heavy (non-hydrogen) atoms. The average molecular weight is 322 g/mol. The molecule has 0 unspecified atom stereocenters. The average Bonchev–Trinajstić information content (AvgIpc) is 3.11. The van der Waals surface area contributed by atoms with Crippen LogP contribution < -0.4 is 0 Å². The molecule has 4 rings (SSSR count). The lowest BCUT2D eigenvalue weighted by Gasteiger charge is -2.29. The van der Waals surface area contributed by atoms with Gasteiger partial charge in [0.25, 0.3) is 5.91 Å². The number of aliphatic hydroxyl groups is 1. The number of carbonyl (C=O) groups excluding carboxylic acids is 1. The highest BCUT2D eigenvalue weighted by Gasteiger charge is 2.22.